The second-order valence-corrected chi connectivity index (χ2v) is 4.94. The molecule has 0 aliphatic rings. The van der Waals surface area contributed by atoms with Crippen LogP contribution in [0.5, 0.6) is 5.75 Å². The Labute approximate surface area is 124 Å². The Morgan fingerprint density at radius 1 is 1.35 bits per heavy atom. The Hall–Kier alpha value is -0.790. The standard InChI is InChI=1S/C13H17BrF3NO2/c1-3-20-9-4-5-10(11(14)6-9)12(18-2)7-19-8-13(15,16)17/h4-6,12,18H,3,7-8H2,1-2H3. The largest absolute Gasteiger partial charge is 0.494 e. The van der Waals surface area contributed by atoms with Crippen molar-refractivity contribution in [3.8, 4) is 5.75 Å². The topological polar surface area (TPSA) is 30.5 Å². The molecule has 0 saturated heterocycles. The average molecular weight is 356 g/mol. The molecule has 3 nitrogen and oxygen atoms in total. The molecular formula is C13H17BrF3NO2. The van der Waals surface area contributed by atoms with E-state index >= 15 is 0 Å². The summed E-state index contributed by atoms with van der Waals surface area (Å²) in [6.45, 7) is 1.11. The third-order valence-electron chi connectivity index (χ3n) is 2.56. The van der Waals surface area contributed by atoms with Crippen molar-refractivity contribution in [2.24, 2.45) is 0 Å². The molecule has 0 bridgehead atoms. The molecule has 1 aromatic carbocycles. The minimum atomic E-state index is -4.31. The lowest BCUT2D eigenvalue weighted by Gasteiger charge is -2.19. The molecule has 1 aromatic rings. The SMILES string of the molecule is CCOc1ccc(C(COCC(F)(F)F)NC)c(Br)c1. The number of benzene rings is 1. The summed E-state index contributed by atoms with van der Waals surface area (Å²) in [5, 5.41) is 2.93. The minimum absolute atomic E-state index is 0.0669. The summed E-state index contributed by atoms with van der Waals surface area (Å²) in [4.78, 5) is 0. The van der Waals surface area contributed by atoms with Crippen LogP contribution in [0.2, 0.25) is 0 Å². The van der Waals surface area contributed by atoms with Gasteiger partial charge in [-0.05, 0) is 31.7 Å². The Morgan fingerprint density at radius 2 is 2.05 bits per heavy atom. The molecule has 0 aliphatic carbocycles. The van der Waals surface area contributed by atoms with Crippen molar-refractivity contribution in [1.29, 1.82) is 0 Å². The van der Waals surface area contributed by atoms with Crippen molar-refractivity contribution in [3.63, 3.8) is 0 Å². The molecule has 0 aliphatic heterocycles. The van der Waals surface area contributed by atoms with Crippen LogP contribution >= 0.6 is 15.9 Å². The number of ether oxygens (including phenoxy) is 2. The van der Waals surface area contributed by atoms with Crippen LogP contribution in [0.4, 0.5) is 13.2 Å². The van der Waals surface area contributed by atoms with Crippen LogP contribution in [0, 0.1) is 0 Å². The van der Waals surface area contributed by atoms with Gasteiger partial charge < -0.3 is 14.8 Å². The first-order valence-electron chi connectivity index (χ1n) is 6.11. The first-order valence-corrected chi connectivity index (χ1v) is 6.90. The highest BCUT2D eigenvalue weighted by molar-refractivity contribution is 9.10. The number of halogens is 4. The van der Waals surface area contributed by atoms with E-state index in [9.17, 15) is 13.2 Å². The van der Waals surface area contributed by atoms with E-state index in [0.29, 0.717) is 12.4 Å². The predicted octanol–water partition coefficient (Wildman–Crippen LogP) is 3.69. The summed E-state index contributed by atoms with van der Waals surface area (Å²) in [5.74, 6) is 0.703. The zero-order chi connectivity index (χ0) is 15.2. The molecular weight excluding hydrogens is 339 g/mol. The zero-order valence-corrected chi connectivity index (χ0v) is 12.8. The lowest BCUT2D eigenvalue weighted by Crippen LogP contribution is -2.25. The summed E-state index contributed by atoms with van der Waals surface area (Å²) in [6, 6.07) is 5.03. The molecule has 1 rings (SSSR count). The van der Waals surface area contributed by atoms with Crippen LogP contribution in [0.3, 0.4) is 0 Å². The van der Waals surface area contributed by atoms with Gasteiger partial charge in [0.2, 0.25) is 0 Å². The van der Waals surface area contributed by atoms with Crippen molar-refractivity contribution in [2.75, 3.05) is 26.9 Å². The summed E-state index contributed by atoms with van der Waals surface area (Å²) in [7, 11) is 1.67. The lowest BCUT2D eigenvalue weighted by molar-refractivity contribution is -0.175. The molecule has 1 atom stereocenters. The van der Waals surface area contributed by atoms with Gasteiger partial charge in [0.05, 0.1) is 19.3 Å². The third-order valence-corrected chi connectivity index (χ3v) is 3.24. The van der Waals surface area contributed by atoms with Crippen LogP contribution in [0.25, 0.3) is 0 Å². The van der Waals surface area contributed by atoms with Gasteiger partial charge in [-0.3, -0.25) is 0 Å². The Bertz CT molecular complexity index is 427. The van der Waals surface area contributed by atoms with Crippen LogP contribution < -0.4 is 10.1 Å². The molecule has 0 heterocycles. The Morgan fingerprint density at radius 3 is 2.55 bits per heavy atom. The van der Waals surface area contributed by atoms with E-state index in [1.54, 1.807) is 25.2 Å². The van der Waals surface area contributed by atoms with E-state index in [1.165, 1.54) is 0 Å². The maximum Gasteiger partial charge on any atom is 0.411 e. The van der Waals surface area contributed by atoms with Gasteiger partial charge in [-0.2, -0.15) is 13.2 Å². The van der Waals surface area contributed by atoms with Gasteiger partial charge in [0.25, 0.3) is 0 Å². The van der Waals surface area contributed by atoms with Gasteiger partial charge in [-0.15, -0.1) is 0 Å². The minimum Gasteiger partial charge on any atom is -0.494 e. The molecule has 20 heavy (non-hydrogen) atoms. The van der Waals surface area contributed by atoms with E-state index in [0.717, 1.165) is 10.0 Å². The Kier molecular flexibility index (Phi) is 6.78. The van der Waals surface area contributed by atoms with E-state index < -0.39 is 12.8 Å². The fourth-order valence-corrected chi connectivity index (χ4v) is 2.30. The first-order chi connectivity index (χ1) is 9.37. The molecule has 0 aromatic heterocycles. The second kappa shape index (κ2) is 7.85. The monoisotopic (exact) mass is 355 g/mol. The molecule has 1 unspecified atom stereocenters. The predicted molar refractivity (Wildman–Crippen MR) is 74.0 cm³/mol. The summed E-state index contributed by atoms with van der Waals surface area (Å²) >= 11 is 3.39. The maximum atomic E-state index is 12.1. The van der Waals surface area contributed by atoms with Crippen molar-refractivity contribution in [1.82, 2.24) is 5.32 Å². The maximum absolute atomic E-state index is 12.1. The highest BCUT2D eigenvalue weighted by atomic mass is 79.9. The van der Waals surface area contributed by atoms with Crippen molar-refractivity contribution in [2.45, 2.75) is 19.1 Å². The fraction of sp³-hybridized carbons (Fsp3) is 0.538. The van der Waals surface area contributed by atoms with E-state index in [1.807, 2.05) is 6.92 Å². The van der Waals surface area contributed by atoms with E-state index in [2.05, 4.69) is 21.2 Å². The smallest absolute Gasteiger partial charge is 0.411 e. The van der Waals surface area contributed by atoms with Crippen molar-refractivity contribution in [3.05, 3.63) is 28.2 Å². The van der Waals surface area contributed by atoms with E-state index in [4.69, 9.17) is 9.47 Å². The fourth-order valence-electron chi connectivity index (χ4n) is 1.67. The number of hydrogen-bond acceptors (Lipinski definition) is 3. The number of hydrogen-bond donors (Lipinski definition) is 1. The van der Waals surface area contributed by atoms with Gasteiger partial charge in [0.1, 0.15) is 12.4 Å². The van der Waals surface area contributed by atoms with Crippen molar-refractivity contribution < 1.29 is 22.6 Å². The van der Waals surface area contributed by atoms with Gasteiger partial charge in [0, 0.05) is 4.47 Å². The van der Waals surface area contributed by atoms with Gasteiger partial charge in [0.15, 0.2) is 0 Å². The molecule has 0 fully saturated rings. The van der Waals surface area contributed by atoms with Crippen LogP contribution in [0.1, 0.15) is 18.5 Å². The molecule has 0 spiro atoms. The molecule has 0 amide bonds. The van der Waals surface area contributed by atoms with E-state index in [-0.39, 0.29) is 12.6 Å². The second-order valence-electron chi connectivity index (χ2n) is 4.09. The van der Waals surface area contributed by atoms with Crippen LogP contribution in [-0.2, 0) is 4.74 Å². The summed E-state index contributed by atoms with van der Waals surface area (Å²) in [6.07, 6.45) is -4.31. The normalized spacial score (nSPS) is 13.3. The molecule has 7 heteroatoms. The van der Waals surface area contributed by atoms with Gasteiger partial charge >= 0.3 is 6.18 Å². The lowest BCUT2D eigenvalue weighted by atomic mass is 10.1. The number of likely N-dealkylation sites (N-methyl/N-ethyl adjacent to an activating group) is 1. The molecule has 0 saturated carbocycles. The van der Waals surface area contributed by atoms with Gasteiger partial charge in [-0.25, -0.2) is 0 Å². The van der Waals surface area contributed by atoms with Crippen LogP contribution in [-0.4, -0.2) is 33.0 Å². The van der Waals surface area contributed by atoms with Crippen molar-refractivity contribution >= 4 is 15.9 Å². The Balaban J connectivity index is 2.69. The van der Waals surface area contributed by atoms with Crippen LogP contribution in [0.15, 0.2) is 22.7 Å². The zero-order valence-electron chi connectivity index (χ0n) is 11.3. The third kappa shape index (κ3) is 5.68. The summed E-state index contributed by atoms with van der Waals surface area (Å²) in [5.41, 5.74) is 0.818. The number of rotatable bonds is 7. The molecule has 114 valence electrons. The average Bonchev–Trinajstić information content (AvgIpc) is 2.35. The molecule has 0 radical (unpaired) electrons. The summed E-state index contributed by atoms with van der Waals surface area (Å²) < 4.78 is 47.0. The van der Waals surface area contributed by atoms with Gasteiger partial charge in [-0.1, -0.05) is 22.0 Å². The number of nitrogens with one attached hydrogen (secondary N) is 1. The highest BCUT2D eigenvalue weighted by Crippen LogP contribution is 2.28. The highest BCUT2D eigenvalue weighted by Gasteiger charge is 2.28. The number of alkyl halides is 3. The first kappa shape index (κ1) is 17.3. The molecule has 1 N–H and O–H groups in total. The quantitative estimate of drug-likeness (QED) is 0.809.